The number of nitrogens with zero attached hydrogens (tertiary/aromatic N) is 1. The molecule has 0 aromatic heterocycles. The number of aliphatic hydroxyl groups is 1. The van der Waals surface area contributed by atoms with Gasteiger partial charge in [0.25, 0.3) is 0 Å². The fourth-order valence-corrected chi connectivity index (χ4v) is 0.299. The van der Waals surface area contributed by atoms with Gasteiger partial charge in [0.2, 0.25) is 0 Å². The van der Waals surface area contributed by atoms with E-state index in [0.717, 1.165) is 0 Å². The van der Waals surface area contributed by atoms with Crippen LogP contribution in [0.15, 0.2) is 0 Å². The molecule has 1 unspecified atom stereocenters. The quantitative estimate of drug-likeness (QED) is 0.346. The van der Waals surface area contributed by atoms with Crippen molar-refractivity contribution in [3.8, 4) is 0 Å². The highest BCUT2D eigenvalue weighted by molar-refractivity contribution is 4.60. The van der Waals surface area contributed by atoms with Gasteiger partial charge in [0.15, 0.2) is 0 Å². The number of halogens is 1. The van der Waals surface area contributed by atoms with Crippen LogP contribution in [0.4, 0.5) is 4.39 Å². The molecule has 5 heteroatoms. The Balaban J connectivity index is 4.09. The normalized spacial score (nSPS) is 16.8. The van der Waals surface area contributed by atoms with Crippen molar-refractivity contribution in [1.29, 1.82) is 0 Å². The third kappa shape index (κ3) is 1.60. The minimum Gasteiger partial charge on any atom is -0.386 e. The summed E-state index contributed by atoms with van der Waals surface area (Å²) in [5.41, 5.74) is 0. The molecule has 9 heavy (non-hydrogen) atoms. The van der Waals surface area contributed by atoms with Crippen molar-refractivity contribution < 1.29 is 14.4 Å². The monoisotopic (exact) mass is 137 g/mol. The Morgan fingerprint density at radius 3 is 2.33 bits per heavy atom. The Hall–Kier alpha value is -0.710. The fourth-order valence-electron chi connectivity index (χ4n) is 0.299. The Bertz CT molecular complexity index is 112. The second kappa shape index (κ2) is 2.72. The summed E-state index contributed by atoms with van der Waals surface area (Å²) in [6.45, 7) is 0.246. The number of rotatable bonds is 3. The van der Waals surface area contributed by atoms with Gasteiger partial charge in [-0.2, -0.15) is 4.39 Å². The predicted molar refractivity (Wildman–Crippen MR) is 28.2 cm³/mol. The van der Waals surface area contributed by atoms with Crippen molar-refractivity contribution in [2.45, 2.75) is 19.1 Å². The van der Waals surface area contributed by atoms with E-state index >= 15 is 0 Å². The molecule has 0 amide bonds. The van der Waals surface area contributed by atoms with Crippen molar-refractivity contribution in [3.05, 3.63) is 10.1 Å². The van der Waals surface area contributed by atoms with Gasteiger partial charge < -0.3 is 5.11 Å². The Labute approximate surface area is 51.4 Å². The molecule has 0 aliphatic heterocycles. The Morgan fingerprint density at radius 1 is 1.89 bits per heavy atom. The molecule has 0 spiro atoms. The number of aliphatic hydroxyl groups excluding tert-OH is 1. The summed E-state index contributed by atoms with van der Waals surface area (Å²) < 4.78 is 12.4. The maximum absolute atomic E-state index is 12.4. The molecule has 0 bridgehead atoms. The molecule has 0 aromatic carbocycles. The second-order valence-electron chi connectivity index (χ2n) is 1.69. The van der Waals surface area contributed by atoms with Gasteiger partial charge in [-0.05, 0) is 0 Å². The molecule has 0 fully saturated rings. The van der Waals surface area contributed by atoms with E-state index in [1.54, 1.807) is 0 Å². The smallest absolute Gasteiger partial charge is 0.380 e. The molecule has 1 N–H and O–H groups in total. The van der Waals surface area contributed by atoms with Gasteiger partial charge >= 0.3 is 5.79 Å². The molecular weight excluding hydrogens is 129 g/mol. The van der Waals surface area contributed by atoms with Crippen molar-refractivity contribution in [3.63, 3.8) is 0 Å². The lowest BCUT2D eigenvalue weighted by atomic mass is 10.2. The van der Waals surface area contributed by atoms with Crippen LogP contribution in [-0.4, -0.2) is 22.4 Å². The lowest BCUT2D eigenvalue weighted by Gasteiger charge is -2.09. The average Bonchev–Trinajstić information content (AvgIpc) is 1.86. The molecule has 4 nitrogen and oxygen atoms in total. The van der Waals surface area contributed by atoms with E-state index in [4.69, 9.17) is 5.11 Å². The number of alkyl halides is 1. The van der Waals surface area contributed by atoms with Crippen molar-refractivity contribution in [1.82, 2.24) is 0 Å². The minimum atomic E-state index is -2.64. The first-order chi connectivity index (χ1) is 4.06. The molecule has 0 aliphatic rings. The third-order valence-electron chi connectivity index (χ3n) is 1.11. The van der Waals surface area contributed by atoms with Crippen LogP contribution in [0.25, 0.3) is 0 Å². The molecule has 54 valence electrons. The van der Waals surface area contributed by atoms with Crippen LogP contribution < -0.4 is 0 Å². The fraction of sp³-hybridized carbons (Fsp3) is 1.00. The van der Waals surface area contributed by atoms with Crippen LogP contribution in [0.2, 0.25) is 0 Å². The maximum Gasteiger partial charge on any atom is 0.380 e. The zero-order valence-electron chi connectivity index (χ0n) is 5.00. The molecule has 0 aromatic rings. The van der Waals surface area contributed by atoms with E-state index < -0.39 is 17.3 Å². The van der Waals surface area contributed by atoms with Gasteiger partial charge in [-0.15, -0.1) is 0 Å². The van der Waals surface area contributed by atoms with E-state index in [0.29, 0.717) is 0 Å². The largest absolute Gasteiger partial charge is 0.386 e. The van der Waals surface area contributed by atoms with Gasteiger partial charge in [0.05, 0.1) is 4.92 Å². The second-order valence-corrected chi connectivity index (χ2v) is 1.69. The summed E-state index contributed by atoms with van der Waals surface area (Å²) in [5.74, 6) is -2.64. The lowest BCUT2D eigenvalue weighted by molar-refractivity contribution is -0.609. The summed E-state index contributed by atoms with van der Waals surface area (Å²) in [6, 6.07) is 0. The van der Waals surface area contributed by atoms with E-state index in [9.17, 15) is 14.5 Å². The van der Waals surface area contributed by atoms with Gasteiger partial charge in [0.1, 0.15) is 6.61 Å². The summed E-state index contributed by atoms with van der Waals surface area (Å²) in [5, 5.41) is 17.9. The molecule has 1 atom stereocenters. The van der Waals surface area contributed by atoms with Crippen LogP contribution in [0.3, 0.4) is 0 Å². The van der Waals surface area contributed by atoms with Crippen LogP contribution >= 0.6 is 0 Å². The van der Waals surface area contributed by atoms with Crippen molar-refractivity contribution in [2.75, 3.05) is 6.61 Å². The van der Waals surface area contributed by atoms with Gasteiger partial charge in [0, 0.05) is 6.42 Å². The first-order valence-electron chi connectivity index (χ1n) is 2.51. The molecule has 0 saturated carbocycles. The van der Waals surface area contributed by atoms with Gasteiger partial charge in [-0.1, -0.05) is 6.92 Å². The topological polar surface area (TPSA) is 63.4 Å². The number of nitro groups is 1. The molecule has 0 rings (SSSR count). The first kappa shape index (κ1) is 8.29. The average molecular weight is 137 g/mol. The third-order valence-corrected chi connectivity index (χ3v) is 1.11. The maximum atomic E-state index is 12.4. The highest BCUT2D eigenvalue weighted by Crippen LogP contribution is 2.14. The first-order valence-corrected chi connectivity index (χ1v) is 2.51. The molecule has 0 aliphatic carbocycles. The Kier molecular flexibility index (Phi) is 2.51. The molecular formula is C4H8FNO3. The molecule has 0 heterocycles. The summed E-state index contributed by atoms with van der Waals surface area (Å²) in [7, 11) is 0. The summed E-state index contributed by atoms with van der Waals surface area (Å²) >= 11 is 0. The SMILES string of the molecule is CCC(F)(CO)[N+](=O)[O-]. The highest BCUT2D eigenvalue weighted by Gasteiger charge is 2.39. The number of hydrogen-bond donors (Lipinski definition) is 1. The van der Waals surface area contributed by atoms with E-state index in [2.05, 4.69) is 0 Å². The van der Waals surface area contributed by atoms with Crippen LogP contribution in [0.5, 0.6) is 0 Å². The number of hydrogen-bond acceptors (Lipinski definition) is 3. The zero-order chi connectivity index (χ0) is 7.49. The van der Waals surface area contributed by atoms with Crippen LogP contribution in [-0.2, 0) is 0 Å². The van der Waals surface area contributed by atoms with E-state index in [1.165, 1.54) is 6.92 Å². The minimum absolute atomic E-state index is 0.309. The highest BCUT2D eigenvalue weighted by atomic mass is 19.1. The van der Waals surface area contributed by atoms with Gasteiger partial charge in [-0.25, -0.2) is 0 Å². The summed E-state index contributed by atoms with van der Waals surface area (Å²) in [6.07, 6.45) is -0.309. The van der Waals surface area contributed by atoms with Crippen LogP contribution in [0, 0.1) is 10.1 Å². The zero-order valence-corrected chi connectivity index (χ0v) is 5.00. The lowest BCUT2D eigenvalue weighted by Crippen LogP contribution is -2.36. The van der Waals surface area contributed by atoms with E-state index in [-0.39, 0.29) is 6.42 Å². The predicted octanol–water partition coefficient (Wildman–Crippen LogP) is 0.331. The molecule has 0 saturated heterocycles. The van der Waals surface area contributed by atoms with Gasteiger partial charge in [-0.3, -0.25) is 10.1 Å². The summed E-state index contributed by atoms with van der Waals surface area (Å²) in [4.78, 5) is 8.64. The van der Waals surface area contributed by atoms with Crippen LogP contribution in [0.1, 0.15) is 13.3 Å². The van der Waals surface area contributed by atoms with Crippen molar-refractivity contribution >= 4 is 0 Å². The standard InChI is InChI=1S/C4H8FNO3/c1-2-4(5,3-7)6(8)9/h7H,2-3H2,1H3. The molecule has 0 radical (unpaired) electrons. The van der Waals surface area contributed by atoms with Crippen molar-refractivity contribution in [2.24, 2.45) is 0 Å². The Morgan fingerprint density at radius 2 is 2.33 bits per heavy atom. The van der Waals surface area contributed by atoms with E-state index in [1.807, 2.05) is 0 Å².